The Morgan fingerprint density at radius 2 is 2.11 bits per heavy atom. The third-order valence-electron chi connectivity index (χ3n) is 4.30. The highest BCUT2D eigenvalue weighted by Gasteiger charge is 2.29. The lowest BCUT2D eigenvalue weighted by molar-refractivity contribution is -0.383. The molecule has 0 radical (unpaired) electrons. The first-order chi connectivity index (χ1) is 9.00. The molecule has 104 valence electrons. The number of benzene rings is 1. The lowest BCUT2D eigenvalue weighted by atomic mass is 9.78. The monoisotopic (exact) mass is 263 g/mol. The van der Waals surface area contributed by atoms with Gasteiger partial charge in [0.15, 0.2) is 0 Å². The van der Waals surface area contributed by atoms with Gasteiger partial charge in [-0.25, -0.2) is 0 Å². The average molecular weight is 263 g/mol. The summed E-state index contributed by atoms with van der Waals surface area (Å²) in [6, 6.07) is 5.34. The smallest absolute Gasteiger partial charge is 0.314 e. The molecule has 1 aliphatic carbocycles. The summed E-state index contributed by atoms with van der Waals surface area (Å²) in [5.74, 6) is 1.15. The molecule has 0 bridgehead atoms. The predicted octanol–water partition coefficient (Wildman–Crippen LogP) is 3.41. The molecule has 0 spiro atoms. The van der Waals surface area contributed by atoms with Gasteiger partial charge in [0, 0.05) is 6.04 Å². The second-order valence-corrected chi connectivity index (χ2v) is 5.52. The van der Waals surface area contributed by atoms with E-state index in [2.05, 4.69) is 19.2 Å². The summed E-state index contributed by atoms with van der Waals surface area (Å²) in [6.45, 7) is 4.45. The first kappa shape index (κ1) is 13.6. The van der Waals surface area contributed by atoms with Crippen molar-refractivity contribution in [1.82, 2.24) is 0 Å². The highest BCUT2D eigenvalue weighted by Crippen LogP contribution is 2.36. The van der Waals surface area contributed by atoms with Gasteiger partial charge in [-0.1, -0.05) is 32.8 Å². The van der Waals surface area contributed by atoms with Crippen LogP contribution >= 0.6 is 0 Å². The summed E-state index contributed by atoms with van der Waals surface area (Å²) < 4.78 is 0. The van der Waals surface area contributed by atoms with Gasteiger partial charge < -0.3 is 11.1 Å². The number of anilines is 2. The Kier molecular flexibility index (Phi) is 3.93. The summed E-state index contributed by atoms with van der Waals surface area (Å²) in [4.78, 5) is 10.7. The molecule has 0 aliphatic heterocycles. The minimum absolute atomic E-state index is 0.00655. The molecule has 3 N–H and O–H groups in total. The average Bonchev–Trinajstić information content (AvgIpc) is 2.34. The lowest BCUT2D eigenvalue weighted by Crippen LogP contribution is -2.35. The first-order valence-corrected chi connectivity index (χ1v) is 6.80. The normalized spacial score (nSPS) is 26.9. The van der Waals surface area contributed by atoms with Gasteiger partial charge in [0.2, 0.25) is 0 Å². The summed E-state index contributed by atoms with van der Waals surface area (Å²) >= 11 is 0. The largest absolute Gasteiger partial charge is 0.393 e. The zero-order valence-corrected chi connectivity index (χ0v) is 11.4. The molecule has 5 heteroatoms. The topological polar surface area (TPSA) is 81.2 Å². The minimum Gasteiger partial charge on any atom is -0.393 e. The summed E-state index contributed by atoms with van der Waals surface area (Å²) in [5, 5.41) is 14.4. The Balaban J connectivity index is 2.23. The van der Waals surface area contributed by atoms with E-state index in [1.54, 1.807) is 18.2 Å². The van der Waals surface area contributed by atoms with E-state index in [4.69, 9.17) is 5.73 Å². The predicted molar refractivity (Wildman–Crippen MR) is 77.1 cm³/mol. The molecule has 0 heterocycles. The molecule has 19 heavy (non-hydrogen) atoms. The van der Waals surface area contributed by atoms with Crippen LogP contribution in [0.1, 0.15) is 33.1 Å². The Morgan fingerprint density at radius 3 is 2.79 bits per heavy atom. The van der Waals surface area contributed by atoms with Crippen molar-refractivity contribution in [3.05, 3.63) is 28.3 Å². The van der Waals surface area contributed by atoms with Crippen LogP contribution < -0.4 is 11.1 Å². The second-order valence-electron chi connectivity index (χ2n) is 5.52. The maximum Gasteiger partial charge on any atom is 0.314 e. The van der Waals surface area contributed by atoms with E-state index < -0.39 is 4.92 Å². The highest BCUT2D eigenvalue weighted by atomic mass is 16.6. The van der Waals surface area contributed by atoms with E-state index in [0.717, 1.165) is 6.42 Å². The van der Waals surface area contributed by atoms with E-state index >= 15 is 0 Å². The molecule has 0 amide bonds. The second kappa shape index (κ2) is 5.47. The fraction of sp³-hybridized carbons (Fsp3) is 0.571. The molecule has 1 aromatic rings. The highest BCUT2D eigenvalue weighted by molar-refractivity contribution is 5.74. The zero-order valence-electron chi connectivity index (χ0n) is 11.4. The Morgan fingerprint density at radius 1 is 1.37 bits per heavy atom. The molecular weight excluding hydrogens is 242 g/mol. The van der Waals surface area contributed by atoms with Crippen molar-refractivity contribution in [1.29, 1.82) is 0 Å². The van der Waals surface area contributed by atoms with Crippen LogP contribution in [-0.2, 0) is 0 Å². The van der Waals surface area contributed by atoms with Crippen molar-refractivity contribution >= 4 is 17.1 Å². The number of rotatable bonds is 3. The van der Waals surface area contributed by atoms with Crippen molar-refractivity contribution in [2.75, 3.05) is 11.1 Å². The van der Waals surface area contributed by atoms with Crippen molar-refractivity contribution in [2.24, 2.45) is 11.8 Å². The molecule has 0 saturated heterocycles. The summed E-state index contributed by atoms with van der Waals surface area (Å²) in [5.41, 5.74) is 6.45. The molecule has 5 nitrogen and oxygen atoms in total. The van der Waals surface area contributed by atoms with E-state index in [0.29, 0.717) is 17.5 Å². The van der Waals surface area contributed by atoms with Gasteiger partial charge in [0.25, 0.3) is 0 Å². The maximum absolute atomic E-state index is 11.1. The number of hydrogen-bond acceptors (Lipinski definition) is 4. The third kappa shape index (κ3) is 2.80. The van der Waals surface area contributed by atoms with Crippen LogP contribution in [0.5, 0.6) is 0 Å². The summed E-state index contributed by atoms with van der Waals surface area (Å²) in [7, 11) is 0. The quantitative estimate of drug-likeness (QED) is 0.497. The molecule has 0 aromatic heterocycles. The van der Waals surface area contributed by atoms with Crippen LogP contribution in [0.25, 0.3) is 0 Å². The van der Waals surface area contributed by atoms with Gasteiger partial charge in [-0.15, -0.1) is 0 Å². The number of nitro groups is 1. The van der Waals surface area contributed by atoms with E-state index in [1.165, 1.54) is 12.8 Å². The van der Waals surface area contributed by atoms with Gasteiger partial charge in [0.1, 0.15) is 11.4 Å². The number of nitrogens with zero attached hydrogens (tertiary/aromatic N) is 1. The van der Waals surface area contributed by atoms with Crippen LogP contribution in [0.3, 0.4) is 0 Å². The van der Waals surface area contributed by atoms with Crippen molar-refractivity contribution in [3.8, 4) is 0 Å². The fourth-order valence-electron chi connectivity index (χ4n) is 2.87. The Hall–Kier alpha value is -1.78. The molecule has 2 rings (SSSR count). The maximum atomic E-state index is 11.1. The molecule has 1 fully saturated rings. The SMILES string of the molecule is CC1CCCC(Nc2cccc(N)c2[N+](=O)[O-])C1C. The molecule has 3 unspecified atom stereocenters. The van der Waals surface area contributed by atoms with Crippen LogP contribution in [0, 0.1) is 22.0 Å². The van der Waals surface area contributed by atoms with Crippen molar-refractivity contribution in [2.45, 2.75) is 39.2 Å². The molecular formula is C14H21N3O2. The van der Waals surface area contributed by atoms with Crippen LogP contribution in [-0.4, -0.2) is 11.0 Å². The molecule has 1 aliphatic rings. The third-order valence-corrected chi connectivity index (χ3v) is 4.30. The van der Waals surface area contributed by atoms with Crippen LogP contribution in [0.15, 0.2) is 18.2 Å². The Bertz CT molecular complexity index is 476. The number of nitrogens with two attached hydrogens (primary N) is 1. The number of hydrogen-bond donors (Lipinski definition) is 2. The molecule has 1 aromatic carbocycles. The first-order valence-electron chi connectivity index (χ1n) is 6.80. The fourth-order valence-corrected chi connectivity index (χ4v) is 2.87. The van der Waals surface area contributed by atoms with Gasteiger partial charge >= 0.3 is 5.69 Å². The number of nitrogen functional groups attached to an aromatic ring is 1. The van der Waals surface area contributed by atoms with Gasteiger partial charge in [0.05, 0.1) is 4.92 Å². The van der Waals surface area contributed by atoms with Crippen molar-refractivity contribution in [3.63, 3.8) is 0 Å². The minimum atomic E-state index is -0.408. The van der Waals surface area contributed by atoms with Crippen molar-refractivity contribution < 1.29 is 4.92 Å². The number of nitro benzene ring substituents is 1. The number of para-hydroxylation sites is 1. The van der Waals surface area contributed by atoms with Gasteiger partial charge in [-0.05, 0) is 30.4 Å². The van der Waals surface area contributed by atoms with Gasteiger partial charge in [-0.2, -0.15) is 0 Å². The number of nitrogens with one attached hydrogen (secondary N) is 1. The van der Waals surface area contributed by atoms with Crippen LogP contribution in [0.2, 0.25) is 0 Å². The van der Waals surface area contributed by atoms with E-state index in [9.17, 15) is 10.1 Å². The van der Waals surface area contributed by atoms with Gasteiger partial charge in [-0.3, -0.25) is 10.1 Å². The lowest BCUT2D eigenvalue weighted by Gasteiger charge is -2.35. The molecule has 3 atom stereocenters. The van der Waals surface area contributed by atoms with E-state index in [-0.39, 0.29) is 17.4 Å². The summed E-state index contributed by atoms with van der Waals surface area (Å²) in [6.07, 6.45) is 3.45. The van der Waals surface area contributed by atoms with Crippen LogP contribution in [0.4, 0.5) is 17.1 Å². The molecule has 1 saturated carbocycles. The Labute approximate surface area is 113 Å². The zero-order chi connectivity index (χ0) is 14.0. The standard InChI is InChI=1S/C14H21N3O2/c1-9-5-3-7-12(10(9)2)16-13-8-4-6-11(15)14(13)17(18)19/h4,6,8-10,12,16H,3,5,7,15H2,1-2H3. The van der Waals surface area contributed by atoms with E-state index in [1.807, 2.05) is 0 Å².